The van der Waals surface area contributed by atoms with Crippen LogP contribution in [0.15, 0.2) is 60.7 Å². The van der Waals surface area contributed by atoms with Gasteiger partial charge in [0.15, 0.2) is 0 Å². The van der Waals surface area contributed by atoms with Crippen molar-refractivity contribution in [1.29, 1.82) is 0 Å². The molecule has 2 amide bonds. The van der Waals surface area contributed by atoms with Crippen molar-refractivity contribution in [3.05, 3.63) is 71.8 Å². The first-order valence-electron chi connectivity index (χ1n) is 11.4. The molecule has 0 spiro atoms. The molecule has 168 valence electrons. The van der Waals surface area contributed by atoms with Gasteiger partial charge < -0.3 is 15.7 Å². The SMILES string of the molecule is CCCCCC(O)CCC(=O)N[C@@H](Cc1ccccc1)C(=O)N[C@H](C)c1ccccc1. The van der Waals surface area contributed by atoms with E-state index in [-0.39, 0.29) is 24.3 Å². The Morgan fingerprint density at radius 2 is 1.55 bits per heavy atom. The van der Waals surface area contributed by atoms with Crippen LogP contribution in [-0.4, -0.2) is 29.1 Å². The lowest BCUT2D eigenvalue weighted by molar-refractivity contribution is -0.129. The number of carbonyl (C=O) groups is 2. The third-order valence-corrected chi connectivity index (χ3v) is 5.44. The van der Waals surface area contributed by atoms with Crippen LogP contribution in [0.5, 0.6) is 0 Å². The van der Waals surface area contributed by atoms with Crippen molar-refractivity contribution >= 4 is 11.8 Å². The van der Waals surface area contributed by atoms with Crippen LogP contribution < -0.4 is 10.6 Å². The number of amides is 2. The predicted octanol–water partition coefficient (Wildman–Crippen LogP) is 4.31. The summed E-state index contributed by atoms with van der Waals surface area (Å²) in [5.74, 6) is -0.421. The summed E-state index contributed by atoms with van der Waals surface area (Å²) in [4.78, 5) is 25.5. The van der Waals surface area contributed by atoms with E-state index in [0.717, 1.165) is 30.4 Å². The first-order valence-corrected chi connectivity index (χ1v) is 11.4. The van der Waals surface area contributed by atoms with Crippen LogP contribution in [0.4, 0.5) is 0 Å². The van der Waals surface area contributed by atoms with Crippen LogP contribution in [-0.2, 0) is 16.0 Å². The third kappa shape index (κ3) is 9.35. The van der Waals surface area contributed by atoms with Gasteiger partial charge in [0, 0.05) is 12.8 Å². The summed E-state index contributed by atoms with van der Waals surface area (Å²) >= 11 is 0. The molecule has 0 heterocycles. The zero-order chi connectivity index (χ0) is 22.5. The van der Waals surface area contributed by atoms with Crippen LogP contribution >= 0.6 is 0 Å². The molecule has 3 N–H and O–H groups in total. The highest BCUT2D eigenvalue weighted by Crippen LogP contribution is 2.13. The number of aliphatic hydroxyl groups is 1. The van der Waals surface area contributed by atoms with Gasteiger partial charge in [-0.25, -0.2) is 0 Å². The Bertz CT molecular complexity index is 780. The summed E-state index contributed by atoms with van der Waals surface area (Å²) < 4.78 is 0. The van der Waals surface area contributed by atoms with Crippen LogP contribution in [0.2, 0.25) is 0 Å². The van der Waals surface area contributed by atoms with E-state index >= 15 is 0 Å². The van der Waals surface area contributed by atoms with Crippen LogP contribution in [0.1, 0.15) is 69.5 Å². The van der Waals surface area contributed by atoms with Crippen molar-refractivity contribution in [2.45, 2.75) is 77.0 Å². The molecule has 3 atom stereocenters. The van der Waals surface area contributed by atoms with Gasteiger partial charge in [0.05, 0.1) is 12.1 Å². The summed E-state index contributed by atoms with van der Waals surface area (Å²) in [6.07, 6.45) is 4.43. The first kappa shape index (κ1) is 24.6. The van der Waals surface area contributed by atoms with Crippen molar-refractivity contribution in [3.8, 4) is 0 Å². The molecule has 1 unspecified atom stereocenters. The molecule has 0 bridgehead atoms. The third-order valence-electron chi connectivity index (χ3n) is 5.44. The van der Waals surface area contributed by atoms with E-state index in [9.17, 15) is 14.7 Å². The molecule has 5 nitrogen and oxygen atoms in total. The number of benzene rings is 2. The number of unbranched alkanes of at least 4 members (excludes halogenated alkanes) is 2. The van der Waals surface area contributed by atoms with E-state index in [1.807, 2.05) is 67.6 Å². The zero-order valence-electron chi connectivity index (χ0n) is 18.7. The fourth-order valence-corrected chi connectivity index (χ4v) is 3.54. The molecule has 31 heavy (non-hydrogen) atoms. The van der Waals surface area contributed by atoms with Crippen molar-refractivity contribution in [3.63, 3.8) is 0 Å². The molecule has 0 aliphatic carbocycles. The standard InChI is InChI=1S/C26H36N2O3/c1-3-4-7-16-23(29)17-18-25(30)28-24(19-21-12-8-5-9-13-21)26(31)27-20(2)22-14-10-6-11-15-22/h5-6,8-15,20,23-24,29H,3-4,7,16-19H2,1-2H3,(H,27,31)(H,28,30)/t20-,23?,24+/m1/s1. The molecule has 0 aromatic heterocycles. The smallest absolute Gasteiger partial charge is 0.243 e. The second kappa shape index (κ2) is 13.6. The van der Waals surface area contributed by atoms with Gasteiger partial charge in [-0.1, -0.05) is 86.8 Å². The zero-order valence-corrected chi connectivity index (χ0v) is 18.7. The number of carbonyl (C=O) groups excluding carboxylic acids is 2. The highest BCUT2D eigenvalue weighted by molar-refractivity contribution is 5.88. The maximum atomic E-state index is 13.0. The van der Waals surface area contributed by atoms with Gasteiger partial charge in [-0.15, -0.1) is 0 Å². The lowest BCUT2D eigenvalue weighted by Crippen LogP contribution is -2.48. The molecule has 0 aliphatic heterocycles. The van der Waals surface area contributed by atoms with Crippen molar-refractivity contribution < 1.29 is 14.7 Å². The van der Waals surface area contributed by atoms with Gasteiger partial charge in [0.25, 0.3) is 0 Å². The van der Waals surface area contributed by atoms with Gasteiger partial charge in [-0.2, -0.15) is 0 Å². The molecule has 2 rings (SSSR count). The molecule has 0 saturated carbocycles. The highest BCUT2D eigenvalue weighted by Gasteiger charge is 2.23. The van der Waals surface area contributed by atoms with Gasteiger partial charge >= 0.3 is 0 Å². The van der Waals surface area contributed by atoms with E-state index in [2.05, 4.69) is 17.6 Å². The van der Waals surface area contributed by atoms with Gasteiger partial charge in [-0.3, -0.25) is 9.59 Å². The lowest BCUT2D eigenvalue weighted by atomic mass is 10.0. The summed E-state index contributed by atoms with van der Waals surface area (Å²) in [6, 6.07) is 18.6. The quantitative estimate of drug-likeness (QED) is 0.419. The van der Waals surface area contributed by atoms with E-state index in [4.69, 9.17) is 0 Å². The topological polar surface area (TPSA) is 78.4 Å². The summed E-state index contributed by atoms with van der Waals surface area (Å²) in [5, 5.41) is 16.0. The average molecular weight is 425 g/mol. The largest absolute Gasteiger partial charge is 0.393 e. The minimum atomic E-state index is -0.668. The number of nitrogens with one attached hydrogen (secondary N) is 2. The lowest BCUT2D eigenvalue weighted by Gasteiger charge is -2.22. The van der Waals surface area contributed by atoms with E-state index in [0.29, 0.717) is 19.3 Å². The fourth-order valence-electron chi connectivity index (χ4n) is 3.54. The first-order chi connectivity index (χ1) is 15.0. The number of aliphatic hydroxyl groups excluding tert-OH is 1. The molecule has 2 aromatic carbocycles. The monoisotopic (exact) mass is 424 g/mol. The Morgan fingerprint density at radius 1 is 0.903 bits per heavy atom. The molecular weight excluding hydrogens is 388 g/mol. The Labute approximate surface area is 186 Å². The molecule has 5 heteroatoms. The van der Waals surface area contributed by atoms with Crippen molar-refractivity contribution in [1.82, 2.24) is 10.6 Å². The van der Waals surface area contributed by atoms with Crippen LogP contribution in [0.3, 0.4) is 0 Å². The summed E-state index contributed by atoms with van der Waals surface area (Å²) in [7, 11) is 0. The van der Waals surface area contributed by atoms with Crippen LogP contribution in [0.25, 0.3) is 0 Å². The van der Waals surface area contributed by atoms with Gasteiger partial charge in [0.2, 0.25) is 11.8 Å². The second-order valence-electron chi connectivity index (χ2n) is 8.14. The van der Waals surface area contributed by atoms with Crippen LogP contribution in [0, 0.1) is 0 Å². The Balaban J connectivity index is 1.96. The normalized spacial score (nSPS) is 13.8. The summed E-state index contributed by atoms with van der Waals surface area (Å²) in [5.41, 5.74) is 1.99. The molecule has 0 radical (unpaired) electrons. The second-order valence-corrected chi connectivity index (χ2v) is 8.14. The summed E-state index contributed by atoms with van der Waals surface area (Å²) in [6.45, 7) is 4.05. The molecule has 0 saturated heterocycles. The van der Waals surface area contributed by atoms with Crippen molar-refractivity contribution in [2.24, 2.45) is 0 Å². The van der Waals surface area contributed by atoms with Gasteiger partial charge in [0.1, 0.15) is 6.04 Å². The van der Waals surface area contributed by atoms with Crippen molar-refractivity contribution in [2.75, 3.05) is 0 Å². The molecule has 2 aromatic rings. The number of hydrogen-bond donors (Lipinski definition) is 3. The van der Waals surface area contributed by atoms with E-state index < -0.39 is 12.1 Å². The molecule has 0 aliphatic rings. The Hall–Kier alpha value is -2.66. The Morgan fingerprint density at radius 3 is 2.19 bits per heavy atom. The number of rotatable bonds is 13. The minimum absolute atomic E-state index is 0.163. The highest BCUT2D eigenvalue weighted by atomic mass is 16.3. The van der Waals surface area contributed by atoms with E-state index in [1.54, 1.807) is 0 Å². The predicted molar refractivity (Wildman–Crippen MR) is 124 cm³/mol. The maximum absolute atomic E-state index is 13.0. The molecule has 0 fully saturated rings. The van der Waals surface area contributed by atoms with Gasteiger partial charge in [-0.05, 0) is 30.9 Å². The maximum Gasteiger partial charge on any atom is 0.243 e. The Kier molecular flexibility index (Phi) is 10.8. The minimum Gasteiger partial charge on any atom is -0.393 e. The molecular formula is C26H36N2O3. The van der Waals surface area contributed by atoms with E-state index in [1.165, 1.54) is 0 Å². The fraction of sp³-hybridized carbons (Fsp3) is 0.462. The average Bonchev–Trinajstić information content (AvgIpc) is 2.78. The number of hydrogen-bond acceptors (Lipinski definition) is 3.